The molecule has 1 aliphatic rings. The molecule has 1 N–H and O–H groups in total. The van der Waals surface area contributed by atoms with E-state index < -0.39 is 0 Å². The molecular weight excluding hydrogens is 346 g/mol. The zero-order valence-electron chi connectivity index (χ0n) is 10.5. The SMILES string of the molecule is Cl.OC(CN1CCCC1)c1cc2cc(Br)ccc2s1. The first-order valence-corrected chi connectivity index (χ1v) is 7.93. The van der Waals surface area contributed by atoms with Crippen molar-refractivity contribution in [2.45, 2.75) is 18.9 Å². The van der Waals surface area contributed by atoms with Crippen molar-refractivity contribution >= 4 is 49.8 Å². The highest BCUT2D eigenvalue weighted by atomic mass is 79.9. The lowest BCUT2D eigenvalue weighted by atomic mass is 10.2. The van der Waals surface area contributed by atoms with Crippen LogP contribution in [0.5, 0.6) is 0 Å². The summed E-state index contributed by atoms with van der Waals surface area (Å²) < 4.78 is 2.34. The zero-order chi connectivity index (χ0) is 12.5. The van der Waals surface area contributed by atoms with Crippen LogP contribution in [0.15, 0.2) is 28.7 Å². The molecule has 19 heavy (non-hydrogen) atoms. The van der Waals surface area contributed by atoms with E-state index in [1.807, 2.05) is 0 Å². The molecule has 2 aromatic rings. The normalized spacial score (nSPS) is 17.6. The van der Waals surface area contributed by atoms with Gasteiger partial charge in [0.25, 0.3) is 0 Å². The summed E-state index contributed by atoms with van der Waals surface area (Å²) in [5.41, 5.74) is 0. The monoisotopic (exact) mass is 361 g/mol. The topological polar surface area (TPSA) is 23.5 Å². The van der Waals surface area contributed by atoms with Gasteiger partial charge in [-0.2, -0.15) is 0 Å². The van der Waals surface area contributed by atoms with Crippen molar-refractivity contribution in [3.8, 4) is 0 Å². The van der Waals surface area contributed by atoms with Crippen molar-refractivity contribution in [2.75, 3.05) is 19.6 Å². The number of fused-ring (bicyclic) bond motifs is 1. The van der Waals surface area contributed by atoms with E-state index in [1.54, 1.807) is 11.3 Å². The second-order valence-electron chi connectivity index (χ2n) is 4.85. The standard InChI is InChI=1S/C14H16BrNOS.ClH/c15-11-3-4-13-10(7-11)8-14(18-13)12(17)9-16-5-1-2-6-16;/h3-4,7-8,12,17H,1-2,5-6,9H2;1H. The fraction of sp³-hybridized carbons (Fsp3) is 0.429. The minimum absolute atomic E-state index is 0. The number of β-amino-alcohol motifs (C(OH)–C–C–N with tert-alkyl or cyclic N) is 1. The maximum Gasteiger partial charge on any atom is 0.101 e. The second-order valence-corrected chi connectivity index (χ2v) is 6.89. The summed E-state index contributed by atoms with van der Waals surface area (Å²) in [5.74, 6) is 0. The van der Waals surface area contributed by atoms with Gasteiger partial charge in [0.15, 0.2) is 0 Å². The van der Waals surface area contributed by atoms with Crippen LogP contribution in [0.2, 0.25) is 0 Å². The Bertz CT molecular complexity index is 553. The van der Waals surface area contributed by atoms with Crippen molar-refractivity contribution in [2.24, 2.45) is 0 Å². The molecule has 1 aliphatic heterocycles. The van der Waals surface area contributed by atoms with E-state index in [-0.39, 0.29) is 18.5 Å². The van der Waals surface area contributed by atoms with Gasteiger partial charge in [0.05, 0.1) is 0 Å². The Morgan fingerprint density at radius 3 is 2.74 bits per heavy atom. The van der Waals surface area contributed by atoms with Crippen LogP contribution in [0.3, 0.4) is 0 Å². The van der Waals surface area contributed by atoms with Crippen molar-refractivity contribution in [3.05, 3.63) is 33.6 Å². The van der Waals surface area contributed by atoms with Crippen molar-refractivity contribution in [1.82, 2.24) is 4.90 Å². The highest BCUT2D eigenvalue weighted by Gasteiger charge is 2.18. The average molecular weight is 363 g/mol. The summed E-state index contributed by atoms with van der Waals surface area (Å²) in [4.78, 5) is 3.43. The Balaban J connectivity index is 0.00000133. The van der Waals surface area contributed by atoms with Gasteiger partial charge in [-0.15, -0.1) is 23.7 Å². The van der Waals surface area contributed by atoms with E-state index in [9.17, 15) is 5.11 Å². The van der Waals surface area contributed by atoms with Gasteiger partial charge < -0.3 is 10.0 Å². The Labute approximate surface area is 132 Å². The largest absolute Gasteiger partial charge is 0.386 e. The van der Waals surface area contributed by atoms with Crippen LogP contribution in [-0.4, -0.2) is 29.6 Å². The minimum atomic E-state index is -0.348. The Morgan fingerprint density at radius 2 is 2.00 bits per heavy atom. The van der Waals surface area contributed by atoms with Gasteiger partial charge in [0.1, 0.15) is 6.10 Å². The average Bonchev–Trinajstić information content (AvgIpc) is 2.96. The summed E-state index contributed by atoms with van der Waals surface area (Å²) in [6.07, 6.45) is 2.19. The molecule has 5 heteroatoms. The Hall–Kier alpha value is -0.130. The Morgan fingerprint density at radius 1 is 1.26 bits per heavy atom. The van der Waals surface area contributed by atoms with Gasteiger partial charge in [0, 0.05) is 20.6 Å². The molecule has 1 unspecified atom stereocenters. The molecule has 1 fully saturated rings. The molecule has 0 spiro atoms. The van der Waals surface area contributed by atoms with Gasteiger partial charge in [-0.05, 0) is 55.6 Å². The predicted molar refractivity (Wildman–Crippen MR) is 87.4 cm³/mol. The summed E-state index contributed by atoms with van der Waals surface area (Å²) in [7, 11) is 0. The summed E-state index contributed by atoms with van der Waals surface area (Å²) in [5, 5.41) is 11.5. The molecule has 2 heterocycles. The minimum Gasteiger partial charge on any atom is -0.386 e. The molecule has 0 bridgehead atoms. The van der Waals surface area contributed by atoms with Gasteiger partial charge in [-0.3, -0.25) is 0 Å². The van der Waals surface area contributed by atoms with Crippen LogP contribution in [0.25, 0.3) is 10.1 Å². The number of halogens is 2. The smallest absolute Gasteiger partial charge is 0.101 e. The van der Waals surface area contributed by atoms with Gasteiger partial charge in [0.2, 0.25) is 0 Å². The third-order valence-corrected chi connectivity index (χ3v) is 5.17. The quantitative estimate of drug-likeness (QED) is 0.884. The molecule has 0 aliphatic carbocycles. The van der Waals surface area contributed by atoms with Gasteiger partial charge >= 0.3 is 0 Å². The molecule has 3 rings (SSSR count). The number of hydrogen-bond donors (Lipinski definition) is 1. The number of aliphatic hydroxyl groups excluding tert-OH is 1. The van der Waals surface area contributed by atoms with Gasteiger partial charge in [-0.1, -0.05) is 15.9 Å². The molecular formula is C14H17BrClNOS. The second kappa shape index (κ2) is 6.55. The van der Waals surface area contributed by atoms with Crippen LogP contribution in [0.1, 0.15) is 23.8 Å². The highest BCUT2D eigenvalue weighted by molar-refractivity contribution is 9.10. The molecule has 0 radical (unpaired) electrons. The number of nitrogens with zero attached hydrogens (tertiary/aromatic N) is 1. The molecule has 1 aromatic carbocycles. The number of rotatable bonds is 3. The maximum atomic E-state index is 10.3. The maximum absolute atomic E-state index is 10.3. The lowest BCUT2D eigenvalue weighted by Crippen LogP contribution is -2.24. The number of thiophene rings is 1. The first kappa shape index (κ1) is 15.3. The molecule has 0 amide bonds. The number of benzene rings is 1. The third kappa shape index (κ3) is 3.50. The van der Waals surface area contributed by atoms with Crippen molar-refractivity contribution in [3.63, 3.8) is 0 Å². The molecule has 104 valence electrons. The predicted octanol–water partition coefficient (Wildman–Crippen LogP) is 4.21. The fourth-order valence-electron chi connectivity index (χ4n) is 2.50. The number of aliphatic hydroxyl groups is 1. The van der Waals surface area contributed by atoms with Gasteiger partial charge in [-0.25, -0.2) is 0 Å². The van der Waals surface area contributed by atoms with E-state index in [2.05, 4.69) is 45.1 Å². The van der Waals surface area contributed by atoms with Crippen LogP contribution in [0, 0.1) is 0 Å². The molecule has 0 saturated carbocycles. The molecule has 2 nitrogen and oxygen atoms in total. The summed E-state index contributed by atoms with van der Waals surface area (Å²) >= 11 is 5.18. The lowest BCUT2D eigenvalue weighted by molar-refractivity contribution is 0.129. The highest BCUT2D eigenvalue weighted by Crippen LogP contribution is 2.32. The zero-order valence-corrected chi connectivity index (χ0v) is 13.7. The number of likely N-dealkylation sites (tertiary alicyclic amines) is 1. The van der Waals surface area contributed by atoms with E-state index in [1.165, 1.54) is 22.9 Å². The van der Waals surface area contributed by atoms with Crippen molar-refractivity contribution < 1.29 is 5.11 Å². The molecule has 1 aromatic heterocycles. The summed E-state index contributed by atoms with van der Waals surface area (Å²) in [6.45, 7) is 3.04. The first-order chi connectivity index (χ1) is 8.72. The first-order valence-electron chi connectivity index (χ1n) is 6.32. The van der Waals surface area contributed by atoms with Crippen molar-refractivity contribution in [1.29, 1.82) is 0 Å². The third-order valence-electron chi connectivity index (χ3n) is 3.46. The van der Waals surface area contributed by atoms with Crippen LogP contribution >= 0.6 is 39.7 Å². The molecule has 1 atom stereocenters. The Kier molecular flexibility index (Phi) is 5.26. The number of hydrogen-bond acceptors (Lipinski definition) is 3. The van der Waals surface area contributed by atoms with E-state index in [4.69, 9.17) is 0 Å². The lowest BCUT2D eigenvalue weighted by Gasteiger charge is -2.18. The molecule has 1 saturated heterocycles. The van der Waals surface area contributed by atoms with E-state index in [0.29, 0.717) is 0 Å². The van der Waals surface area contributed by atoms with Crippen LogP contribution in [-0.2, 0) is 0 Å². The van der Waals surface area contributed by atoms with Crippen LogP contribution < -0.4 is 0 Å². The fourth-order valence-corrected chi connectivity index (χ4v) is 3.90. The van der Waals surface area contributed by atoms with E-state index >= 15 is 0 Å². The summed E-state index contributed by atoms with van der Waals surface area (Å²) in [6, 6.07) is 8.38. The van der Waals surface area contributed by atoms with E-state index in [0.717, 1.165) is 29.0 Å². The van der Waals surface area contributed by atoms with Crippen LogP contribution in [0.4, 0.5) is 0 Å².